The van der Waals surface area contributed by atoms with E-state index in [4.69, 9.17) is 4.74 Å². The Kier molecular flexibility index (Phi) is 3.44. The van der Waals surface area contributed by atoms with Gasteiger partial charge in [-0.25, -0.2) is 0 Å². The van der Waals surface area contributed by atoms with Crippen LogP contribution in [0.1, 0.15) is 46.0 Å². The van der Waals surface area contributed by atoms with Gasteiger partial charge in [0, 0.05) is 18.8 Å². The standard InChI is InChI=1S/C19H27NO2/c1-13-6-5-7-19(2)11-17-14(10-16(13)19)15(18(21)22-17)12-20-8-3-4-9-20/h6,10,14-15,17H,3-5,7-9,11-12H2,1-2H3/p+1/t14-,15+,17-,19-/m1/s1. The molecule has 0 aromatic rings. The maximum Gasteiger partial charge on any atom is 0.315 e. The molecule has 22 heavy (non-hydrogen) atoms. The largest absolute Gasteiger partial charge is 0.461 e. The molecule has 0 radical (unpaired) electrons. The van der Waals surface area contributed by atoms with Crippen LogP contribution in [0.15, 0.2) is 23.3 Å². The molecule has 2 fully saturated rings. The lowest BCUT2D eigenvalue weighted by Crippen LogP contribution is -3.10. The summed E-state index contributed by atoms with van der Waals surface area (Å²) in [5.41, 5.74) is 3.15. The highest BCUT2D eigenvalue weighted by atomic mass is 16.6. The Morgan fingerprint density at radius 2 is 2.14 bits per heavy atom. The first kappa shape index (κ1) is 14.5. The van der Waals surface area contributed by atoms with Gasteiger partial charge in [0.1, 0.15) is 12.0 Å². The van der Waals surface area contributed by atoms with Crippen LogP contribution in [-0.2, 0) is 9.53 Å². The molecular weight excluding hydrogens is 274 g/mol. The number of likely N-dealkylation sites (tertiary alicyclic amines) is 1. The van der Waals surface area contributed by atoms with Gasteiger partial charge in [-0.15, -0.1) is 0 Å². The fraction of sp³-hybridized carbons (Fsp3) is 0.737. The monoisotopic (exact) mass is 302 g/mol. The molecule has 2 aliphatic carbocycles. The summed E-state index contributed by atoms with van der Waals surface area (Å²) in [6, 6.07) is 0. The topological polar surface area (TPSA) is 30.7 Å². The average Bonchev–Trinajstić information content (AvgIpc) is 3.06. The normalized spacial score (nSPS) is 41.5. The van der Waals surface area contributed by atoms with E-state index in [1.807, 2.05) is 0 Å². The van der Waals surface area contributed by atoms with Gasteiger partial charge in [0.25, 0.3) is 0 Å². The van der Waals surface area contributed by atoms with Gasteiger partial charge < -0.3 is 9.64 Å². The number of hydrogen-bond acceptors (Lipinski definition) is 2. The third-order valence-corrected chi connectivity index (χ3v) is 6.52. The molecule has 2 heterocycles. The van der Waals surface area contributed by atoms with Crippen molar-refractivity contribution >= 4 is 5.97 Å². The van der Waals surface area contributed by atoms with E-state index >= 15 is 0 Å². The predicted octanol–water partition coefficient (Wildman–Crippen LogP) is 1.90. The van der Waals surface area contributed by atoms with Crippen LogP contribution in [0, 0.1) is 17.3 Å². The van der Waals surface area contributed by atoms with Crippen LogP contribution in [0.5, 0.6) is 0 Å². The summed E-state index contributed by atoms with van der Waals surface area (Å²) in [6.45, 7) is 8.03. The Balaban J connectivity index is 1.62. The van der Waals surface area contributed by atoms with E-state index in [1.54, 1.807) is 4.90 Å². The van der Waals surface area contributed by atoms with Crippen LogP contribution >= 0.6 is 0 Å². The van der Waals surface area contributed by atoms with Gasteiger partial charge in [-0.2, -0.15) is 0 Å². The molecule has 2 saturated heterocycles. The number of carbonyl (C=O) groups excluding carboxylic acids is 1. The minimum Gasteiger partial charge on any atom is -0.461 e. The summed E-state index contributed by atoms with van der Waals surface area (Å²) in [7, 11) is 0. The predicted molar refractivity (Wildman–Crippen MR) is 85.5 cm³/mol. The number of allylic oxidation sites excluding steroid dienone is 3. The van der Waals surface area contributed by atoms with Crippen molar-refractivity contribution in [2.75, 3.05) is 19.6 Å². The van der Waals surface area contributed by atoms with Crippen molar-refractivity contribution in [3.05, 3.63) is 23.3 Å². The van der Waals surface area contributed by atoms with E-state index in [9.17, 15) is 4.79 Å². The molecule has 4 aliphatic rings. The number of carbonyl (C=O) groups is 1. The molecular formula is C19H28NO2+. The molecule has 3 nitrogen and oxygen atoms in total. The summed E-state index contributed by atoms with van der Waals surface area (Å²) in [6.07, 6.45) is 10.9. The number of rotatable bonds is 2. The van der Waals surface area contributed by atoms with Gasteiger partial charge in [-0.3, -0.25) is 4.79 Å². The Bertz CT molecular complexity index is 544. The second-order valence-corrected chi connectivity index (χ2v) is 8.09. The zero-order valence-electron chi connectivity index (χ0n) is 13.9. The van der Waals surface area contributed by atoms with Gasteiger partial charge in [-0.1, -0.05) is 24.6 Å². The lowest BCUT2D eigenvalue weighted by molar-refractivity contribution is -0.890. The molecule has 120 valence electrons. The summed E-state index contributed by atoms with van der Waals surface area (Å²) < 4.78 is 5.82. The molecule has 0 spiro atoms. The van der Waals surface area contributed by atoms with E-state index in [0.29, 0.717) is 5.92 Å². The van der Waals surface area contributed by atoms with Crippen molar-refractivity contribution in [2.45, 2.75) is 52.1 Å². The number of esters is 1. The lowest BCUT2D eigenvalue weighted by atomic mass is 9.62. The second-order valence-electron chi connectivity index (χ2n) is 8.09. The van der Waals surface area contributed by atoms with Gasteiger partial charge in [0.15, 0.2) is 0 Å². The van der Waals surface area contributed by atoms with Crippen molar-refractivity contribution in [2.24, 2.45) is 17.3 Å². The molecule has 0 saturated carbocycles. The van der Waals surface area contributed by atoms with E-state index in [1.165, 1.54) is 43.5 Å². The molecule has 1 N–H and O–H groups in total. The van der Waals surface area contributed by atoms with E-state index in [-0.39, 0.29) is 23.4 Å². The Morgan fingerprint density at radius 3 is 2.91 bits per heavy atom. The summed E-state index contributed by atoms with van der Waals surface area (Å²) >= 11 is 0. The molecule has 4 atom stereocenters. The van der Waals surface area contributed by atoms with Gasteiger partial charge in [-0.05, 0) is 37.2 Å². The molecule has 4 rings (SSSR count). The molecule has 0 bridgehead atoms. The quantitative estimate of drug-likeness (QED) is 0.790. The van der Waals surface area contributed by atoms with E-state index < -0.39 is 0 Å². The van der Waals surface area contributed by atoms with Crippen LogP contribution in [0.25, 0.3) is 0 Å². The van der Waals surface area contributed by atoms with Crippen molar-refractivity contribution in [1.82, 2.24) is 0 Å². The van der Waals surface area contributed by atoms with Crippen LogP contribution in [0.2, 0.25) is 0 Å². The lowest BCUT2D eigenvalue weighted by Gasteiger charge is -2.42. The van der Waals surface area contributed by atoms with Crippen molar-refractivity contribution in [3.8, 4) is 0 Å². The number of fused-ring (bicyclic) bond motifs is 2. The Morgan fingerprint density at radius 1 is 1.36 bits per heavy atom. The van der Waals surface area contributed by atoms with E-state index in [0.717, 1.165) is 19.4 Å². The maximum absolute atomic E-state index is 12.4. The third kappa shape index (κ3) is 2.25. The van der Waals surface area contributed by atoms with E-state index in [2.05, 4.69) is 26.0 Å². The zero-order valence-corrected chi connectivity index (χ0v) is 13.9. The van der Waals surface area contributed by atoms with Crippen molar-refractivity contribution in [1.29, 1.82) is 0 Å². The SMILES string of the molecule is CC1=CCC[C@]2(C)C[C@H]3OC(=O)[C@@H](C[NH+]4CCCC4)[C@H]3C=C12. The third-order valence-electron chi connectivity index (χ3n) is 6.52. The summed E-state index contributed by atoms with van der Waals surface area (Å²) in [4.78, 5) is 14.0. The maximum atomic E-state index is 12.4. The molecule has 2 aliphatic heterocycles. The first-order valence-electron chi connectivity index (χ1n) is 9.00. The number of ether oxygens (including phenoxy) is 1. The highest BCUT2D eigenvalue weighted by molar-refractivity contribution is 5.76. The average molecular weight is 302 g/mol. The van der Waals surface area contributed by atoms with Crippen LogP contribution in [0.3, 0.4) is 0 Å². The Hall–Kier alpha value is -1.09. The molecule has 3 heteroatoms. The minimum absolute atomic E-state index is 0.0649. The minimum atomic E-state index is 0.0649. The fourth-order valence-corrected chi connectivity index (χ4v) is 5.25. The Labute approximate surface area is 133 Å². The van der Waals surface area contributed by atoms with Crippen LogP contribution < -0.4 is 4.90 Å². The van der Waals surface area contributed by atoms with Crippen LogP contribution in [-0.4, -0.2) is 31.7 Å². The highest BCUT2D eigenvalue weighted by Gasteiger charge is 2.52. The van der Waals surface area contributed by atoms with Crippen LogP contribution in [0.4, 0.5) is 0 Å². The molecule has 0 aromatic heterocycles. The number of nitrogens with one attached hydrogen (secondary N) is 1. The molecule has 0 amide bonds. The first-order chi connectivity index (χ1) is 10.6. The fourth-order valence-electron chi connectivity index (χ4n) is 5.25. The summed E-state index contributed by atoms with van der Waals surface area (Å²) in [5.74, 6) is 0.463. The van der Waals surface area contributed by atoms with Gasteiger partial charge >= 0.3 is 5.97 Å². The number of quaternary nitrogens is 1. The first-order valence-corrected chi connectivity index (χ1v) is 9.00. The summed E-state index contributed by atoms with van der Waals surface area (Å²) in [5, 5.41) is 0. The van der Waals surface area contributed by atoms with Crippen molar-refractivity contribution in [3.63, 3.8) is 0 Å². The molecule has 0 unspecified atom stereocenters. The van der Waals surface area contributed by atoms with Gasteiger partial charge in [0.05, 0.1) is 19.6 Å². The number of hydrogen-bond donors (Lipinski definition) is 1. The second kappa shape index (κ2) is 5.23. The smallest absolute Gasteiger partial charge is 0.315 e. The van der Waals surface area contributed by atoms with Gasteiger partial charge in [0.2, 0.25) is 0 Å². The van der Waals surface area contributed by atoms with Crippen molar-refractivity contribution < 1.29 is 14.4 Å². The zero-order chi connectivity index (χ0) is 15.3. The molecule has 0 aromatic carbocycles. The highest BCUT2D eigenvalue weighted by Crippen LogP contribution is 2.52.